The van der Waals surface area contributed by atoms with Crippen LogP contribution in [0.5, 0.6) is 0 Å². The quantitative estimate of drug-likeness (QED) is 0.838. The molecule has 2 nitrogen and oxygen atoms in total. The molecule has 0 radical (unpaired) electrons. The summed E-state index contributed by atoms with van der Waals surface area (Å²) in [5.41, 5.74) is 3.73. The van der Waals surface area contributed by atoms with Crippen molar-refractivity contribution >= 4 is 12.4 Å². The number of nitrogens with two attached hydrogens (primary N) is 1. The maximum absolute atomic E-state index is 13.4. The van der Waals surface area contributed by atoms with Gasteiger partial charge in [-0.1, -0.05) is 12.1 Å². The third-order valence-corrected chi connectivity index (χ3v) is 2.04. The van der Waals surface area contributed by atoms with Gasteiger partial charge in [0.05, 0.1) is 18.1 Å². The van der Waals surface area contributed by atoms with Gasteiger partial charge in [-0.15, -0.1) is 12.4 Å². The van der Waals surface area contributed by atoms with Gasteiger partial charge in [0.15, 0.2) is 0 Å². The topological polar surface area (TPSA) is 49.8 Å². The Balaban J connectivity index is 0.00000256. The highest BCUT2D eigenvalue weighted by atomic mass is 35.5. The highest BCUT2D eigenvalue weighted by Gasteiger charge is 2.35. The van der Waals surface area contributed by atoms with E-state index >= 15 is 0 Å². The predicted octanol–water partition coefficient (Wildman–Crippen LogP) is 3.18. The van der Waals surface area contributed by atoms with Crippen LogP contribution < -0.4 is 5.73 Å². The van der Waals surface area contributed by atoms with E-state index in [2.05, 4.69) is 0 Å². The van der Waals surface area contributed by atoms with Crippen LogP contribution in [-0.2, 0) is 6.18 Å². The Kier molecular flexibility index (Phi) is 5.39. The minimum Gasteiger partial charge on any atom is -0.323 e. The van der Waals surface area contributed by atoms with E-state index in [4.69, 9.17) is 11.0 Å². The molecule has 0 aliphatic rings. The van der Waals surface area contributed by atoms with Crippen molar-refractivity contribution in [3.63, 3.8) is 0 Å². The van der Waals surface area contributed by atoms with Gasteiger partial charge < -0.3 is 5.73 Å². The van der Waals surface area contributed by atoms with Crippen LogP contribution in [0.25, 0.3) is 0 Å². The van der Waals surface area contributed by atoms with Crippen LogP contribution in [0.15, 0.2) is 18.2 Å². The summed E-state index contributed by atoms with van der Waals surface area (Å²) in [6.45, 7) is 0. The average molecular weight is 269 g/mol. The summed E-state index contributed by atoms with van der Waals surface area (Å²) >= 11 is 0. The van der Waals surface area contributed by atoms with Gasteiger partial charge in [-0.2, -0.15) is 18.4 Å². The molecule has 0 saturated carbocycles. The highest BCUT2D eigenvalue weighted by Crippen LogP contribution is 2.33. The molecule has 17 heavy (non-hydrogen) atoms. The lowest BCUT2D eigenvalue weighted by Gasteiger charge is -2.14. The van der Waals surface area contributed by atoms with Crippen LogP contribution in [0, 0.1) is 17.1 Å². The summed E-state index contributed by atoms with van der Waals surface area (Å²) in [6, 6.07) is 3.48. The molecule has 1 rings (SSSR count). The van der Waals surface area contributed by atoms with E-state index in [-0.39, 0.29) is 24.4 Å². The van der Waals surface area contributed by atoms with E-state index < -0.39 is 23.6 Å². The van der Waals surface area contributed by atoms with Gasteiger partial charge in [-0.05, 0) is 6.07 Å². The molecule has 1 atom stereocenters. The third kappa shape index (κ3) is 3.58. The first-order valence-corrected chi connectivity index (χ1v) is 4.36. The molecule has 0 heterocycles. The first-order chi connectivity index (χ1) is 7.38. The maximum atomic E-state index is 13.4. The molecule has 0 bridgehead atoms. The summed E-state index contributed by atoms with van der Waals surface area (Å²) in [7, 11) is 0. The van der Waals surface area contributed by atoms with Gasteiger partial charge in [0, 0.05) is 11.6 Å². The zero-order valence-corrected chi connectivity index (χ0v) is 9.28. The summed E-state index contributed by atoms with van der Waals surface area (Å²) in [6.07, 6.45) is -5.00. The van der Waals surface area contributed by atoms with Crippen LogP contribution in [0.4, 0.5) is 17.6 Å². The summed E-state index contributed by atoms with van der Waals surface area (Å²) in [5, 5.41) is 8.34. The van der Waals surface area contributed by atoms with E-state index in [1.54, 1.807) is 6.07 Å². The van der Waals surface area contributed by atoms with E-state index in [1.165, 1.54) is 0 Å². The van der Waals surface area contributed by atoms with E-state index in [1.807, 2.05) is 0 Å². The average Bonchev–Trinajstić information content (AvgIpc) is 2.16. The molecule has 0 saturated heterocycles. The van der Waals surface area contributed by atoms with E-state index in [0.29, 0.717) is 6.07 Å². The van der Waals surface area contributed by atoms with Crippen LogP contribution in [0.1, 0.15) is 23.6 Å². The first kappa shape index (κ1) is 15.7. The zero-order valence-electron chi connectivity index (χ0n) is 8.46. The standard InChI is InChI=1S/C10H8F4N2.ClH/c11-9-6(8(16)4-5-15)2-1-3-7(9)10(12,13)14;/h1-3,8H,4,16H2;1H/t8-;/m0./s1. The van der Waals surface area contributed by atoms with Crippen LogP contribution in [0.2, 0.25) is 0 Å². The van der Waals surface area contributed by atoms with Gasteiger partial charge in [0.25, 0.3) is 0 Å². The Morgan fingerprint density at radius 2 is 1.94 bits per heavy atom. The molecule has 0 aliphatic carbocycles. The van der Waals surface area contributed by atoms with Crippen molar-refractivity contribution in [2.24, 2.45) is 5.73 Å². The molecule has 94 valence electrons. The van der Waals surface area contributed by atoms with Gasteiger partial charge >= 0.3 is 6.18 Å². The molecule has 0 aliphatic heterocycles. The van der Waals surface area contributed by atoms with Crippen molar-refractivity contribution in [3.05, 3.63) is 35.1 Å². The molecular formula is C10H9ClF4N2. The number of rotatable bonds is 2. The molecule has 0 spiro atoms. The summed E-state index contributed by atoms with van der Waals surface area (Å²) < 4.78 is 50.4. The summed E-state index contributed by atoms with van der Waals surface area (Å²) in [4.78, 5) is 0. The van der Waals surface area contributed by atoms with Gasteiger partial charge in [0.2, 0.25) is 0 Å². The molecule has 0 aromatic heterocycles. The Labute approximate surface area is 101 Å². The second-order valence-electron chi connectivity index (χ2n) is 3.18. The second-order valence-corrected chi connectivity index (χ2v) is 3.18. The van der Waals surface area contributed by atoms with Crippen LogP contribution >= 0.6 is 12.4 Å². The number of nitrogens with zero attached hydrogens (tertiary/aromatic N) is 1. The number of benzene rings is 1. The molecule has 1 aromatic carbocycles. The number of hydrogen-bond donors (Lipinski definition) is 1. The molecule has 0 fully saturated rings. The van der Waals surface area contributed by atoms with Gasteiger partial charge in [-0.25, -0.2) is 4.39 Å². The Bertz CT molecular complexity index is 425. The SMILES string of the molecule is Cl.N#CC[C@H](N)c1cccc(C(F)(F)F)c1F. The monoisotopic (exact) mass is 268 g/mol. The molecule has 1 aromatic rings. The zero-order chi connectivity index (χ0) is 12.3. The lowest BCUT2D eigenvalue weighted by Crippen LogP contribution is -2.15. The lowest BCUT2D eigenvalue weighted by atomic mass is 10.0. The van der Waals surface area contributed by atoms with Crippen LogP contribution in [-0.4, -0.2) is 0 Å². The number of hydrogen-bond acceptors (Lipinski definition) is 2. The molecular weight excluding hydrogens is 260 g/mol. The number of halogens is 5. The molecule has 0 amide bonds. The van der Waals surface area contributed by atoms with Crippen molar-refractivity contribution in [3.8, 4) is 6.07 Å². The largest absolute Gasteiger partial charge is 0.419 e. The Hall–Kier alpha value is -1.32. The summed E-state index contributed by atoms with van der Waals surface area (Å²) in [5.74, 6) is -1.40. The fraction of sp³-hybridized carbons (Fsp3) is 0.300. The lowest BCUT2D eigenvalue weighted by molar-refractivity contribution is -0.140. The van der Waals surface area contributed by atoms with Crippen molar-refractivity contribution < 1.29 is 17.6 Å². The Morgan fingerprint density at radius 1 is 1.35 bits per heavy atom. The first-order valence-electron chi connectivity index (χ1n) is 4.36. The van der Waals surface area contributed by atoms with Crippen molar-refractivity contribution in [1.82, 2.24) is 0 Å². The van der Waals surface area contributed by atoms with Gasteiger partial charge in [-0.3, -0.25) is 0 Å². The van der Waals surface area contributed by atoms with E-state index in [0.717, 1.165) is 12.1 Å². The normalized spacial score (nSPS) is 12.5. The predicted molar refractivity (Wildman–Crippen MR) is 55.8 cm³/mol. The number of alkyl halides is 3. The molecule has 2 N–H and O–H groups in total. The molecule has 0 unspecified atom stereocenters. The van der Waals surface area contributed by atoms with Crippen molar-refractivity contribution in [2.75, 3.05) is 0 Å². The van der Waals surface area contributed by atoms with Crippen molar-refractivity contribution in [2.45, 2.75) is 18.6 Å². The fourth-order valence-corrected chi connectivity index (χ4v) is 1.26. The highest BCUT2D eigenvalue weighted by molar-refractivity contribution is 5.85. The maximum Gasteiger partial charge on any atom is 0.419 e. The van der Waals surface area contributed by atoms with Gasteiger partial charge in [0.1, 0.15) is 5.82 Å². The van der Waals surface area contributed by atoms with Crippen molar-refractivity contribution in [1.29, 1.82) is 5.26 Å². The number of nitriles is 1. The fourth-order valence-electron chi connectivity index (χ4n) is 1.26. The smallest absolute Gasteiger partial charge is 0.323 e. The second kappa shape index (κ2) is 5.84. The Morgan fingerprint density at radius 3 is 2.41 bits per heavy atom. The minimum atomic E-state index is -4.76. The minimum absolute atomic E-state index is 0. The van der Waals surface area contributed by atoms with Crippen LogP contribution in [0.3, 0.4) is 0 Å². The molecule has 7 heteroatoms. The third-order valence-electron chi connectivity index (χ3n) is 2.04. The van der Waals surface area contributed by atoms with E-state index in [9.17, 15) is 17.6 Å².